The van der Waals surface area contributed by atoms with E-state index in [1.165, 1.54) is 5.56 Å². The lowest BCUT2D eigenvalue weighted by molar-refractivity contribution is -0.117. The molecule has 0 radical (unpaired) electrons. The number of ketones is 1. The zero-order valence-electron chi connectivity index (χ0n) is 8.20. The highest BCUT2D eigenvalue weighted by Gasteiger charge is 2.23. The van der Waals surface area contributed by atoms with Crippen molar-refractivity contribution in [3.63, 3.8) is 0 Å². The highest BCUT2D eigenvalue weighted by atomic mass is 16.1. The number of hydrogen-bond donors (Lipinski definition) is 1. The fraction of sp³-hybridized carbons (Fsp3) is 0.417. The summed E-state index contributed by atoms with van der Waals surface area (Å²) >= 11 is 0. The Morgan fingerprint density at radius 2 is 2.29 bits per heavy atom. The van der Waals surface area contributed by atoms with Crippen LogP contribution in [-0.2, 0) is 11.3 Å². The first-order chi connectivity index (χ1) is 6.79. The van der Waals surface area contributed by atoms with Gasteiger partial charge in [0.05, 0.1) is 0 Å². The van der Waals surface area contributed by atoms with Gasteiger partial charge < -0.3 is 5.73 Å². The van der Waals surface area contributed by atoms with Crippen LogP contribution in [0.1, 0.15) is 36.3 Å². The highest BCUT2D eigenvalue weighted by molar-refractivity contribution is 5.81. The average molecular weight is 189 g/mol. The molecule has 0 heterocycles. The molecule has 1 aromatic rings. The van der Waals surface area contributed by atoms with Crippen LogP contribution in [0.5, 0.6) is 0 Å². The van der Waals surface area contributed by atoms with Crippen molar-refractivity contribution in [2.45, 2.75) is 31.7 Å². The van der Waals surface area contributed by atoms with Gasteiger partial charge in [0.25, 0.3) is 0 Å². The molecule has 1 aliphatic rings. The summed E-state index contributed by atoms with van der Waals surface area (Å²) in [7, 11) is 0. The Balaban J connectivity index is 2.19. The Labute approximate surface area is 84.1 Å². The summed E-state index contributed by atoms with van der Waals surface area (Å²) in [4.78, 5) is 11.2. The Bertz CT molecular complexity index is 346. The molecule has 0 bridgehead atoms. The van der Waals surface area contributed by atoms with Crippen molar-refractivity contribution >= 4 is 5.78 Å². The summed E-state index contributed by atoms with van der Waals surface area (Å²) in [6.45, 7) is 0.578. The van der Waals surface area contributed by atoms with E-state index < -0.39 is 0 Å². The first-order valence-corrected chi connectivity index (χ1v) is 5.10. The Hall–Kier alpha value is -1.15. The monoisotopic (exact) mass is 189 g/mol. The maximum Gasteiger partial charge on any atom is 0.133 e. The number of rotatable bonds is 2. The Morgan fingerprint density at radius 1 is 1.43 bits per heavy atom. The second-order valence-electron chi connectivity index (χ2n) is 3.93. The van der Waals surface area contributed by atoms with Crippen molar-refractivity contribution in [3.8, 4) is 0 Å². The lowest BCUT2D eigenvalue weighted by Gasteiger charge is -2.09. The van der Waals surface area contributed by atoms with Gasteiger partial charge in [0.1, 0.15) is 5.78 Å². The van der Waals surface area contributed by atoms with E-state index >= 15 is 0 Å². The molecule has 0 saturated heterocycles. The van der Waals surface area contributed by atoms with E-state index in [1.54, 1.807) is 0 Å². The van der Waals surface area contributed by atoms with Gasteiger partial charge in [-0.15, -0.1) is 0 Å². The minimum atomic E-state index is 0.396. The second-order valence-corrected chi connectivity index (χ2v) is 3.93. The fourth-order valence-corrected chi connectivity index (χ4v) is 2.07. The molecule has 0 aromatic heterocycles. The zero-order chi connectivity index (χ0) is 9.97. The smallest absolute Gasteiger partial charge is 0.133 e. The van der Waals surface area contributed by atoms with Crippen LogP contribution in [0, 0.1) is 0 Å². The van der Waals surface area contributed by atoms with Crippen molar-refractivity contribution in [2.24, 2.45) is 5.73 Å². The maximum atomic E-state index is 11.2. The van der Waals surface area contributed by atoms with E-state index in [0.717, 1.165) is 18.4 Å². The number of Topliss-reactive ketones (excluding diaryl/α,β-unsaturated/α-hetero) is 1. The molecule has 2 N–H and O–H groups in total. The van der Waals surface area contributed by atoms with Crippen molar-refractivity contribution in [1.82, 2.24) is 0 Å². The lowest BCUT2D eigenvalue weighted by atomic mass is 9.96. The first-order valence-electron chi connectivity index (χ1n) is 5.10. The molecule has 2 heteroatoms. The molecule has 1 atom stereocenters. The maximum absolute atomic E-state index is 11.2. The van der Waals surface area contributed by atoms with E-state index in [9.17, 15) is 4.79 Å². The third-order valence-corrected chi connectivity index (χ3v) is 2.90. The van der Waals surface area contributed by atoms with Crippen LogP contribution >= 0.6 is 0 Å². The molecule has 2 nitrogen and oxygen atoms in total. The molecule has 0 amide bonds. The van der Waals surface area contributed by atoms with Crippen molar-refractivity contribution < 1.29 is 4.79 Å². The summed E-state index contributed by atoms with van der Waals surface area (Å²) in [6.07, 6.45) is 2.47. The van der Waals surface area contributed by atoms with Gasteiger partial charge in [0, 0.05) is 19.4 Å². The third-order valence-electron chi connectivity index (χ3n) is 2.90. The molecular weight excluding hydrogens is 174 g/mol. The molecule has 74 valence electrons. The van der Waals surface area contributed by atoms with Crippen LogP contribution in [-0.4, -0.2) is 5.78 Å². The van der Waals surface area contributed by atoms with Crippen LogP contribution in [0.15, 0.2) is 24.3 Å². The molecular formula is C12H15NO. The summed E-state index contributed by atoms with van der Waals surface area (Å²) in [5, 5.41) is 0. The molecule has 1 aliphatic carbocycles. The number of carbonyl (C=O) groups is 1. The summed E-state index contributed by atoms with van der Waals surface area (Å²) < 4.78 is 0. The molecule has 0 spiro atoms. The summed E-state index contributed by atoms with van der Waals surface area (Å²) in [5.74, 6) is 0.835. The van der Waals surface area contributed by atoms with E-state index in [2.05, 4.69) is 12.1 Å². The van der Waals surface area contributed by atoms with Crippen LogP contribution in [0.3, 0.4) is 0 Å². The molecule has 1 aromatic carbocycles. The van der Waals surface area contributed by atoms with Gasteiger partial charge in [-0.25, -0.2) is 0 Å². The number of hydrogen-bond acceptors (Lipinski definition) is 2. The van der Waals surface area contributed by atoms with Gasteiger partial charge in [-0.3, -0.25) is 4.79 Å². The van der Waals surface area contributed by atoms with Crippen LogP contribution in [0.2, 0.25) is 0 Å². The largest absolute Gasteiger partial charge is 0.326 e. The molecule has 1 fully saturated rings. The fourth-order valence-electron chi connectivity index (χ4n) is 2.07. The summed E-state index contributed by atoms with van der Waals surface area (Å²) in [6, 6.07) is 8.28. The molecule has 1 unspecified atom stereocenters. The van der Waals surface area contributed by atoms with Gasteiger partial charge in [0.2, 0.25) is 0 Å². The van der Waals surface area contributed by atoms with Gasteiger partial charge in [-0.1, -0.05) is 24.3 Å². The average Bonchev–Trinajstić information content (AvgIpc) is 2.65. The minimum absolute atomic E-state index is 0.396. The standard InChI is InChI=1S/C12H15NO/c13-8-9-2-1-3-10(6-9)11-4-5-12(14)7-11/h1-3,6,11H,4-5,7-8,13H2. The molecule has 2 rings (SSSR count). The quantitative estimate of drug-likeness (QED) is 0.773. The number of carbonyl (C=O) groups excluding carboxylic acids is 1. The van der Waals surface area contributed by atoms with Crippen molar-refractivity contribution in [3.05, 3.63) is 35.4 Å². The summed E-state index contributed by atoms with van der Waals surface area (Å²) in [5.41, 5.74) is 8.01. The normalized spacial score (nSPS) is 21.5. The van der Waals surface area contributed by atoms with Crippen molar-refractivity contribution in [2.75, 3.05) is 0 Å². The predicted octanol–water partition coefficient (Wildman–Crippen LogP) is 1.98. The zero-order valence-corrected chi connectivity index (χ0v) is 8.20. The Kier molecular flexibility index (Phi) is 2.64. The van der Waals surface area contributed by atoms with E-state index in [0.29, 0.717) is 24.7 Å². The van der Waals surface area contributed by atoms with Gasteiger partial charge in [-0.2, -0.15) is 0 Å². The number of nitrogens with two attached hydrogens (primary N) is 1. The first kappa shape index (κ1) is 9.41. The lowest BCUT2D eigenvalue weighted by Crippen LogP contribution is -1.99. The Morgan fingerprint density at radius 3 is 2.93 bits per heavy atom. The number of benzene rings is 1. The van der Waals surface area contributed by atoms with Gasteiger partial charge in [-0.05, 0) is 23.5 Å². The minimum Gasteiger partial charge on any atom is -0.326 e. The van der Waals surface area contributed by atoms with Crippen LogP contribution in [0.4, 0.5) is 0 Å². The van der Waals surface area contributed by atoms with Crippen LogP contribution in [0.25, 0.3) is 0 Å². The van der Waals surface area contributed by atoms with Crippen LogP contribution < -0.4 is 5.73 Å². The molecule has 1 saturated carbocycles. The molecule has 14 heavy (non-hydrogen) atoms. The highest BCUT2D eigenvalue weighted by Crippen LogP contribution is 2.32. The topological polar surface area (TPSA) is 43.1 Å². The van der Waals surface area contributed by atoms with Gasteiger partial charge >= 0.3 is 0 Å². The van der Waals surface area contributed by atoms with E-state index in [1.807, 2.05) is 12.1 Å². The predicted molar refractivity (Wildman–Crippen MR) is 55.9 cm³/mol. The van der Waals surface area contributed by atoms with Gasteiger partial charge in [0.15, 0.2) is 0 Å². The van der Waals surface area contributed by atoms with E-state index in [-0.39, 0.29) is 0 Å². The van der Waals surface area contributed by atoms with Crippen molar-refractivity contribution in [1.29, 1.82) is 0 Å². The molecule has 0 aliphatic heterocycles. The van der Waals surface area contributed by atoms with E-state index in [4.69, 9.17) is 5.73 Å². The second kappa shape index (κ2) is 3.93. The third kappa shape index (κ3) is 1.85. The SMILES string of the molecule is NCc1cccc(C2CCC(=O)C2)c1.